The Morgan fingerprint density at radius 3 is 2.71 bits per heavy atom. The number of ether oxygens (including phenoxy) is 1. The molecular weight excluding hydrogens is 309 g/mol. The van der Waals surface area contributed by atoms with Gasteiger partial charge in [-0.25, -0.2) is 0 Å². The molecule has 1 fully saturated rings. The van der Waals surface area contributed by atoms with E-state index in [1.165, 1.54) is 12.8 Å². The molecule has 1 heterocycles. The summed E-state index contributed by atoms with van der Waals surface area (Å²) in [6.07, 6.45) is 4.45. The third kappa shape index (κ3) is 5.42. The van der Waals surface area contributed by atoms with Crippen molar-refractivity contribution in [1.29, 1.82) is 0 Å². The fraction of sp³-hybridized carbons (Fsp3) is 0.625. The summed E-state index contributed by atoms with van der Waals surface area (Å²) in [5.41, 5.74) is 1.09. The molecule has 1 aromatic carbocycles. The fourth-order valence-electron chi connectivity index (χ4n) is 2.62. The van der Waals surface area contributed by atoms with Crippen LogP contribution in [0.1, 0.15) is 37.4 Å². The molecule has 5 heteroatoms. The molecule has 1 aliphatic heterocycles. The minimum atomic E-state index is 0.0750. The average molecular weight is 332 g/mol. The molecule has 0 amide bonds. The van der Waals surface area contributed by atoms with Gasteiger partial charge in [0.15, 0.2) is 0 Å². The molecule has 0 saturated carbocycles. The van der Waals surface area contributed by atoms with Gasteiger partial charge in [-0.15, -0.1) is 0 Å². The van der Waals surface area contributed by atoms with Crippen LogP contribution in [-0.4, -0.2) is 42.9 Å². The van der Waals surface area contributed by atoms with E-state index in [2.05, 4.69) is 4.90 Å². The molecule has 118 valence electrons. The number of hydrogen-bond acceptors (Lipinski definition) is 3. The number of nitrogens with zero attached hydrogens (tertiary/aromatic N) is 1. The summed E-state index contributed by atoms with van der Waals surface area (Å²) in [4.78, 5) is 2.44. The third-order valence-corrected chi connectivity index (χ3v) is 4.59. The van der Waals surface area contributed by atoms with Crippen LogP contribution < -0.4 is 0 Å². The van der Waals surface area contributed by atoms with Crippen LogP contribution in [-0.2, 0) is 4.74 Å². The first-order valence-corrected chi connectivity index (χ1v) is 8.36. The van der Waals surface area contributed by atoms with Gasteiger partial charge >= 0.3 is 0 Å². The molecule has 1 atom stereocenters. The molecule has 0 radical (unpaired) electrons. The van der Waals surface area contributed by atoms with Crippen molar-refractivity contribution < 1.29 is 9.84 Å². The van der Waals surface area contributed by atoms with E-state index in [0.29, 0.717) is 16.7 Å². The summed E-state index contributed by atoms with van der Waals surface area (Å²) in [6, 6.07) is 5.72. The first-order valence-electron chi connectivity index (χ1n) is 7.60. The van der Waals surface area contributed by atoms with Crippen LogP contribution >= 0.6 is 23.2 Å². The van der Waals surface area contributed by atoms with Gasteiger partial charge in [-0.1, -0.05) is 42.1 Å². The Morgan fingerprint density at radius 1 is 1.14 bits per heavy atom. The van der Waals surface area contributed by atoms with Crippen LogP contribution in [0, 0.1) is 0 Å². The summed E-state index contributed by atoms with van der Waals surface area (Å²) in [6.45, 7) is 4.03. The molecule has 1 N–H and O–H groups in total. The Balaban J connectivity index is 1.81. The second kappa shape index (κ2) is 8.96. The minimum Gasteiger partial charge on any atom is -0.396 e. The van der Waals surface area contributed by atoms with Crippen LogP contribution in [0.25, 0.3) is 0 Å². The van der Waals surface area contributed by atoms with Crippen molar-refractivity contribution >= 4 is 23.2 Å². The van der Waals surface area contributed by atoms with Crippen molar-refractivity contribution in [2.24, 2.45) is 0 Å². The molecule has 21 heavy (non-hydrogen) atoms. The lowest BCUT2D eigenvalue weighted by molar-refractivity contribution is -0.0303. The summed E-state index contributed by atoms with van der Waals surface area (Å²) in [7, 11) is 0. The van der Waals surface area contributed by atoms with Gasteiger partial charge < -0.3 is 9.84 Å². The smallest absolute Gasteiger partial charge is 0.0952 e. The van der Waals surface area contributed by atoms with Gasteiger partial charge in [-0.3, -0.25) is 4.90 Å². The maximum Gasteiger partial charge on any atom is 0.0952 e. The monoisotopic (exact) mass is 331 g/mol. The number of unbranched alkanes of at least 4 members (excludes halogenated alkanes) is 3. The normalized spacial score (nSPS) is 19.9. The second-order valence-corrected chi connectivity index (χ2v) is 6.29. The first kappa shape index (κ1) is 17.0. The van der Waals surface area contributed by atoms with Gasteiger partial charge in [-0.2, -0.15) is 0 Å². The topological polar surface area (TPSA) is 32.7 Å². The molecule has 0 unspecified atom stereocenters. The van der Waals surface area contributed by atoms with E-state index in [4.69, 9.17) is 33.0 Å². The SMILES string of the molecule is OCCCCCCN1CCO[C@@H](c2ccc(Cl)c(Cl)c2)C1. The lowest BCUT2D eigenvalue weighted by Crippen LogP contribution is -2.38. The molecule has 0 aromatic heterocycles. The predicted octanol–water partition coefficient (Wildman–Crippen LogP) is 3.92. The quantitative estimate of drug-likeness (QED) is 0.768. The maximum atomic E-state index is 8.77. The Morgan fingerprint density at radius 2 is 1.95 bits per heavy atom. The second-order valence-electron chi connectivity index (χ2n) is 5.47. The number of halogens is 2. The minimum absolute atomic E-state index is 0.0750. The van der Waals surface area contributed by atoms with Crippen LogP contribution in [0.15, 0.2) is 18.2 Å². The van der Waals surface area contributed by atoms with Gasteiger partial charge in [0, 0.05) is 19.7 Å². The van der Waals surface area contributed by atoms with Crippen LogP contribution in [0.3, 0.4) is 0 Å². The van der Waals surface area contributed by atoms with Crippen molar-refractivity contribution in [3.63, 3.8) is 0 Å². The number of morpholine rings is 1. The third-order valence-electron chi connectivity index (χ3n) is 3.85. The van der Waals surface area contributed by atoms with E-state index in [1.807, 2.05) is 18.2 Å². The zero-order valence-electron chi connectivity index (χ0n) is 12.2. The highest BCUT2D eigenvalue weighted by Crippen LogP contribution is 2.29. The molecule has 1 aliphatic rings. The summed E-state index contributed by atoms with van der Waals surface area (Å²) >= 11 is 12.0. The zero-order chi connectivity index (χ0) is 15.1. The van der Waals surface area contributed by atoms with E-state index in [9.17, 15) is 0 Å². The largest absolute Gasteiger partial charge is 0.396 e. The van der Waals surface area contributed by atoms with Gasteiger partial charge in [0.2, 0.25) is 0 Å². The van der Waals surface area contributed by atoms with Crippen molar-refractivity contribution in [3.05, 3.63) is 33.8 Å². The van der Waals surface area contributed by atoms with Gasteiger partial charge in [0.1, 0.15) is 0 Å². The first-order chi connectivity index (χ1) is 10.2. The molecule has 0 aliphatic carbocycles. The zero-order valence-corrected chi connectivity index (χ0v) is 13.7. The summed E-state index contributed by atoms with van der Waals surface area (Å²) in [5.74, 6) is 0. The number of rotatable bonds is 7. The van der Waals surface area contributed by atoms with E-state index in [-0.39, 0.29) is 6.10 Å². The van der Waals surface area contributed by atoms with Crippen LogP contribution in [0.4, 0.5) is 0 Å². The van der Waals surface area contributed by atoms with Crippen molar-refractivity contribution in [2.45, 2.75) is 31.8 Å². The highest BCUT2D eigenvalue weighted by Gasteiger charge is 2.22. The Bertz CT molecular complexity index is 442. The van der Waals surface area contributed by atoms with E-state index in [0.717, 1.165) is 44.6 Å². The molecule has 1 saturated heterocycles. The average Bonchev–Trinajstić information content (AvgIpc) is 2.50. The predicted molar refractivity (Wildman–Crippen MR) is 87.1 cm³/mol. The Kier molecular flexibility index (Phi) is 7.27. The number of aliphatic hydroxyl groups is 1. The lowest BCUT2D eigenvalue weighted by atomic mass is 10.1. The van der Waals surface area contributed by atoms with E-state index >= 15 is 0 Å². The van der Waals surface area contributed by atoms with Crippen LogP contribution in [0.2, 0.25) is 10.0 Å². The number of aliphatic hydroxyl groups excluding tert-OH is 1. The van der Waals surface area contributed by atoms with Crippen molar-refractivity contribution in [2.75, 3.05) is 32.8 Å². The molecule has 3 nitrogen and oxygen atoms in total. The lowest BCUT2D eigenvalue weighted by Gasteiger charge is -2.33. The standard InChI is InChI=1S/C16H23Cl2NO2/c17-14-6-5-13(11-15(14)18)16-12-19(8-10-21-16)7-3-1-2-4-9-20/h5-6,11,16,20H,1-4,7-10,12H2/t16-/m1/s1. The number of benzene rings is 1. The fourth-order valence-corrected chi connectivity index (χ4v) is 2.93. The Labute approximate surface area is 136 Å². The highest BCUT2D eigenvalue weighted by molar-refractivity contribution is 6.42. The highest BCUT2D eigenvalue weighted by atomic mass is 35.5. The molecule has 1 aromatic rings. The molecule has 2 rings (SSSR count). The molecule has 0 spiro atoms. The molecule has 0 bridgehead atoms. The summed E-state index contributed by atoms with van der Waals surface area (Å²) < 4.78 is 5.86. The van der Waals surface area contributed by atoms with Crippen LogP contribution in [0.5, 0.6) is 0 Å². The van der Waals surface area contributed by atoms with E-state index in [1.54, 1.807) is 0 Å². The number of hydrogen-bond donors (Lipinski definition) is 1. The Hall–Kier alpha value is -0.320. The van der Waals surface area contributed by atoms with Crippen molar-refractivity contribution in [1.82, 2.24) is 4.90 Å². The van der Waals surface area contributed by atoms with Gasteiger partial charge in [0.25, 0.3) is 0 Å². The molecular formula is C16H23Cl2NO2. The van der Waals surface area contributed by atoms with Gasteiger partial charge in [-0.05, 0) is 37.1 Å². The van der Waals surface area contributed by atoms with Gasteiger partial charge in [0.05, 0.1) is 22.8 Å². The summed E-state index contributed by atoms with van der Waals surface area (Å²) in [5, 5.41) is 9.93. The van der Waals surface area contributed by atoms with E-state index < -0.39 is 0 Å². The maximum absolute atomic E-state index is 8.77. The van der Waals surface area contributed by atoms with Crippen molar-refractivity contribution in [3.8, 4) is 0 Å².